The molecule has 0 aliphatic carbocycles. The van der Waals surface area contributed by atoms with Crippen LogP contribution in [0.25, 0.3) is 10.9 Å². The van der Waals surface area contributed by atoms with Gasteiger partial charge in [-0.3, -0.25) is 4.79 Å². The van der Waals surface area contributed by atoms with E-state index in [4.69, 9.17) is 5.73 Å². The second kappa shape index (κ2) is 5.05. The van der Waals surface area contributed by atoms with Gasteiger partial charge in [0.05, 0.1) is 6.42 Å². The molecule has 0 bridgehead atoms. The molecule has 0 fully saturated rings. The van der Waals surface area contributed by atoms with E-state index in [0.29, 0.717) is 17.9 Å². The highest BCUT2D eigenvalue weighted by Gasteiger charge is 2.09. The molecule has 0 atom stereocenters. The van der Waals surface area contributed by atoms with Crippen LogP contribution in [0.1, 0.15) is 5.56 Å². The van der Waals surface area contributed by atoms with Gasteiger partial charge in [-0.15, -0.1) is 0 Å². The number of nitrogens with zero attached hydrogens (tertiary/aromatic N) is 1. The minimum atomic E-state index is -0.118. The van der Waals surface area contributed by atoms with Crippen LogP contribution in [0.3, 0.4) is 0 Å². The van der Waals surface area contributed by atoms with E-state index in [1.54, 1.807) is 18.3 Å². The van der Waals surface area contributed by atoms with Gasteiger partial charge in [0.2, 0.25) is 5.91 Å². The molecule has 2 heterocycles. The summed E-state index contributed by atoms with van der Waals surface area (Å²) in [4.78, 5) is 19.2. The number of aromatic amines is 1. The maximum atomic E-state index is 12.0. The Morgan fingerprint density at radius 1 is 1.30 bits per heavy atom. The van der Waals surface area contributed by atoms with Crippen molar-refractivity contribution >= 4 is 28.3 Å². The smallest absolute Gasteiger partial charge is 0.230 e. The molecule has 0 unspecified atom stereocenters. The standard InChI is InChI=1S/C15H14N4O/c16-11-5-6-17-14(8-11)19-15(20)7-10-9-18-13-4-2-1-3-12(10)13/h1-6,8-9,18H,7H2,(H3,16,17,19,20). The maximum absolute atomic E-state index is 12.0. The number of amides is 1. The lowest BCUT2D eigenvalue weighted by atomic mass is 10.1. The number of carbonyl (C=O) groups is 1. The van der Waals surface area contributed by atoms with Crippen LogP contribution in [0.15, 0.2) is 48.8 Å². The summed E-state index contributed by atoms with van der Waals surface area (Å²) in [5.74, 6) is 0.350. The molecule has 1 aromatic carbocycles. The molecule has 0 saturated carbocycles. The molecule has 1 amide bonds. The van der Waals surface area contributed by atoms with Crippen molar-refractivity contribution in [2.24, 2.45) is 0 Å². The lowest BCUT2D eigenvalue weighted by Crippen LogP contribution is -2.15. The van der Waals surface area contributed by atoms with E-state index in [0.717, 1.165) is 16.5 Å². The molecule has 4 N–H and O–H groups in total. The van der Waals surface area contributed by atoms with Crippen molar-refractivity contribution in [1.82, 2.24) is 9.97 Å². The van der Waals surface area contributed by atoms with Gasteiger partial charge in [0.15, 0.2) is 0 Å². The normalized spacial score (nSPS) is 10.6. The zero-order valence-electron chi connectivity index (χ0n) is 10.8. The molecule has 3 rings (SSSR count). The second-order valence-corrected chi connectivity index (χ2v) is 4.56. The number of nitrogens with one attached hydrogen (secondary N) is 2. The average Bonchev–Trinajstić information content (AvgIpc) is 2.82. The van der Waals surface area contributed by atoms with Gasteiger partial charge in [0, 0.05) is 35.1 Å². The Hall–Kier alpha value is -2.82. The van der Waals surface area contributed by atoms with Gasteiger partial charge in [-0.05, 0) is 17.7 Å². The van der Waals surface area contributed by atoms with Crippen LogP contribution < -0.4 is 11.1 Å². The van der Waals surface area contributed by atoms with Crippen molar-refractivity contribution in [1.29, 1.82) is 0 Å². The van der Waals surface area contributed by atoms with Gasteiger partial charge >= 0.3 is 0 Å². The van der Waals surface area contributed by atoms with Crippen molar-refractivity contribution in [3.8, 4) is 0 Å². The number of H-pyrrole nitrogens is 1. The predicted octanol–water partition coefficient (Wildman–Crippen LogP) is 2.33. The highest BCUT2D eigenvalue weighted by Crippen LogP contribution is 2.18. The molecule has 100 valence electrons. The fourth-order valence-corrected chi connectivity index (χ4v) is 2.15. The van der Waals surface area contributed by atoms with E-state index < -0.39 is 0 Å². The van der Waals surface area contributed by atoms with Gasteiger partial charge in [-0.25, -0.2) is 4.98 Å². The summed E-state index contributed by atoms with van der Waals surface area (Å²) in [5, 5.41) is 3.80. The first-order valence-electron chi connectivity index (χ1n) is 6.29. The molecule has 2 aromatic heterocycles. The van der Waals surface area contributed by atoms with Gasteiger partial charge < -0.3 is 16.0 Å². The average molecular weight is 266 g/mol. The minimum absolute atomic E-state index is 0.118. The number of para-hydroxylation sites is 1. The summed E-state index contributed by atoms with van der Waals surface area (Å²) in [5.41, 5.74) is 8.21. The van der Waals surface area contributed by atoms with Gasteiger partial charge in [0.1, 0.15) is 5.82 Å². The number of nitrogens with two attached hydrogens (primary N) is 1. The van der Waals surface area contributed by atoms with Crippen molar-refractivity contribution in [2.45, 2.75) is 6.42 Å². The molecule has 0 saturated heterocycles. The lowest BCUT2D eigenvalue weighted by molar-refractivity contribution is -0.115. The number of aromatic nitrogens is 2. The van der Waals surface area contributed by atoms with E-state index in [-0.39, 0.29) is 5.91 Å². The van der Waals surface area contributed by atoms with E-state index in [9.17, 15) is 4.79 Å². The zero-order chi connectivity index (χ0) is 13.9. The van der Waals surface area contributed by atoms with Crippen LogP contribution in [0.5, 0.6) is 0 Å². The number of anilines is 2. The first-order chi connectivity index (χ1) is 9.72. The van der Waals surface area contributed by atoms with Crippen molar-refractivity contribution in [3.05, 3.63) is 54.4 Å². The Bertz CT molecular complexity index is 763. The minimum Gasteiger partial charge on any atom is -0.399 e. The Kier molecular flexibility index (Phi) is 3.09. The third kappa shape index (κ3) is 2.47. The maximum Gasteiger partial charge on any atom is 0.230 e. The number of benzene rings is 1. The van der Waals surface area contributed by atoms with Gasteiger partial charge in [0.25, 0.3) is 0 Å². The lowest BCUT2D eigenvalue weighted by Gasteiger charge is -2.04. The van der Waals surface area contributed by atoms with E-state index >= 15 is 0 Å². The van der Waals surface area contributed by atoms with Crippen LogP contribution in [-0.2, 0) is 11.2 Å². The second-order valence-electron chi connectivity index (χ2n) is 4.56. The fraction of sp³-hybridized carbons (Fsp3) is 0.0667. The summed E-state index contributed by atoms with van der Waals surface area (Å²) in [6, 6.07) is 11.2. The first kappa shape index (κ1) is 12.2. The molecule has 0 radical (unpaired) electrons. The molecule has 0 aliphatic rings. The SMILES string of the molecule is Nc1ccnc(NC(=O)Cc2c[nH]c3ccccc23)c1. The molecular formula is C15H14N4O. The van der Waals surface area contributed by atoms with E-state index in [1.807, 2.05) is 30.5 Å². The van der Waals surface area contributed by atoms with Crippen molar-refractivity contribution in [3.63, 3.8) is 0 Å². The van der Waals surface area contributed by atoms with Crippen LogP contribution in [0.2, 0.25) is 0 Å². The Balaban J connectivity index is 1.76. The largest absolute Gasteiger partial charge is 0.399 e. The van der Waals surface area contributed by atoms with E-state index in [2.05, 4.69) is 15.3 Å². The van der Waals surface area contributed by atoms with Crippen molar-refractivity contribution in [2.75, 3.05) is 11.1 Å². The number of nitrogen functional groups attached to an aromatic ring is 1. The molecule has 5 heteroatoms. The highest BCUT2D eigenvalue weighted by molar-refractivity contribution is 5.95. The number of hydrogen-bond acceptors (Lipinski definition) is 3. The Labute approximate surface area is 115 Å². The van der Waals surface area contributed by atoms with Crippen molar-refractivity contribution < 1.29 is 4.79 Å². The number of carbonyl (C=O) groups excluding carboxylic acids is 1. The molecule has 3 aromatic rings. The Morgan fingerprint density at radius 2 is 2.15 bits per heavy atom. The summed E-state index contributed by atoms with van der Waals surface area (Å²) in [7, 11) is 0. The van der Waals surface area contributed by atoms with Gasteiger partial charge in [-0.2, -0.15) is 0 Å². The summed E-state index contributed by atoms with van der Waals surface area (Å²) in [6.45, 7) is 0. The van der Waals surface area contributed by atoms with Crippen LogP contribution >= 0.6 is 0 Å². The third-order valence-electron chi connectivity index (χ3n) is 3.08. The monoisotopic (exact) mass is 266 g/mol. The number of rotatable bonds is 3. The Morgan fingerprint density at radius 3 is 3.00 bits per heavy atom. The number of fused-ring (bicyclic) bond motifs is 1. The molecule has 5 nitrogen and oxygen atoms in total. The summed E-state index contributed by atoms with van der Waals surface area (Å²) in [6.07, 6.45) is 3.72. The number of hydrogen-bond donors (Lipinski definition) is 3. The predicted molar refractivity (Wildman–Crippen MR) is 79.3 cm³/mol. The van der Waals surface area contributed by atoms with E-state index in [1.165, 1.54) is 0 Å². The highest BCUT2D eigenvalue weighted by atomic mass is 16.1. The third-order valence-corrected chi connectivity index (χ3v) is 3.08. The molecular weight excluding hydrogens is 252 g/mol. The van der Waals surface area contributed by atoms with Crippen LogP contribution in [-0.4, -0.2) is 15.9 Å². The molecule has 0 aliphatic heterocycles. The van der Waals surface area contributed by atoms with Crippen LogP contribution in [0, 0.1) is 0 Å². The molecule has 20 heavy (non-hydrogen) atoms. The first-order valence-corrected chi connectivity index (χ1v) is 6.29. The zero-order valence-corrected chi connectivity index (χ0v) is 10.8. The topological polar surface area (TPSA) is 83.8 Å². The quantitative estimate of drug-likeness (QED) is 0.680. The van der Waals surface area contributed by atoms with Gasteiger partial charge in [-0.1, -0.05) is 18.2 Å². The number of pyridine rings is 1. The molecule has 0 spiro atoms. The summed E-state index contributed by atoms with van der Waals surface area (Å²) >= 11 is 0. The fourth-order valence-electron chi connectivity index (χ4n) is 2.15. The van der Waals surface area contributed by atoms with Crippen LogP contribution in [0.4, 0.5) is 11.5 Å². The summed E-state index contributed by atoms with van der Waals surface area (Å²) < 4.78 is 0.